The average Bonchev–Trinajstić information content (AvgIpc) is 2.18. The van der Waals surface area contributed by atoms with Gasteiger partial charge in [0.05, 0.1) is 0 Å². The molecule has 14 heavy (non-hydrogen) atoms. The Kier molecular flexibility index (Phi) is 4.07. The van der Waals surface area contributed by atoms with Crippen LogP contribution in [0.4, 0.5) is 16.2 Å². The molecule has 4 N–H and O–H groups in total. The predicted octanol–water partition coefficient (Wildman–Crippen LogP) is 1.63. The normalized spacial score (nSPS) is 9.50. The van der Waals surface area contributed by atoms with Gasteiger partial charge in [-0.3, -0.25) is 0 Å². The molecule has 0 radical (unpaired) electrons. The Morgan fingerprint density at radius 2 is 2.00 bits per heavy atom. The van der Waals surface area contributed by atoms with Crippen molar-refractivity contribution in [3.63, 3.8) is 0 Å². The van der Waals surface area contributed by atoms with Gasteiger partial charge < -0.3 is 16.4 Å². The number of nitrogens with two attached hydrogens (primary N) is 1. The van der Waals surface area contributed by atoms with E-state index in [1.807, 2.05) is 0 Å². The minimum absolute atomic E-state index is 0.268. The van der Waals surface area contributed by atoms with Crippen molar-refractivity contribution in [3.8, 4) is 0 Å². The third kappa shape index (κ3) is 3.53. The lowest BCUT2D eigenvalue weighted by Gasteiger charge is -2.05. The maximum atomic E-state index is 11.1. The van der Waals surface area contributed by atoms with Crippen LogP contribution in [-0.4, -0.2) is 18.5 Å². The fraction of sp³-hybridized carbons (Fsp3) is 0.222. The van der Waals surface area contributed by atoms with E-state index in [1.165, 1.54) is 0 Å². The number of carbonyl (C=O) groups is 1. The molecular weight excluding hydrogens is 202 g/mol. The van der Waals surface area contributed by atoms with Gasteiger partial charge in [-0.25, -0.2) is 4.79 Å². The summed E-state index contributed by atoms with van der Waals surface area (Å²) < 4.78 is 0. The van der Waals surface area contributed by atoms with Crippen molar-refractivity contribution in [2.75, 3.05) is 23.5 Å². The summed E-state index contributed by atoms with van der Waals surface area (Å²) in [5.41, 5.74) is 6.86. The monoisotopic (exact) mass is 213 g/mol. The van der Waals surface area contributed by atoms with Crippen LogP contribution in [-0.2, 0) is 0 Å². The van der Waals surface area contributed by atoms with Crippen molar-refractivity contribution in [1.82, 2.24) is 5.32 Å². The maximum Gasteiger partial charge on any atom is 0.319 e. The molecule has 0 fully saturated rings. The van der Waals surface area contributed by atoms with Gasteiger partial charge in [0, 0.05) is 23.8 Å². The van der Waals surface area contributed by atoms with Gasteiger partial charge >= 0.3 is 6.03 Å². The molecule has 0 saturated carbocycles. The zero-order chi connectivity index (χ0) is 10.4. The molecule has 0 atom stereocenters. The van der Waals surface area contributed by atoms with Gasteiger partial charge in [-0.05, 0) is 24.3 Å². The lowest BCUT2D eigenvalue weighted by molar-refractivity contribution is 0.252. The first-order chi connectivity index (χ1) is 6.72. The molecule has 4 nitrogen and oxygen atoms in total. The molecule has 1 aromatic rings. The number of alkyl halides is 1. The number of carbonyl (C=O) groups excluding carboxylic acids is 1. The number of benzene rings is 1. The van der Waals surface area contributed by atoms with E-state index in [0.717, 1.165) is 0 Å². The summed E-state index contributed by atoms with van der Waals surface area (Å²) in [7, 11) is 0. The first kappa shape index (κ1) is 10.7. The van der Waals surface area contributed by atoms with E-state index in [9.17, 15) is 4.79 Å². The maximum absolute atomic E-state index is 11.1. The number of hydrogen-bond donors (Lipinski definition) is 3. The molecule has 0 aliphatic heterocycles. The van der Waals surface area contributed by atoms with Crippen molar-refractivity contribution in [2.24, 2.45) is 0 Å². The summed E-state index contributed by atoms with van der Waals surface area (Å²) >= 11 is 5.41. The second-order valence-electron chi connectivity index (χ2n) is 2.69. The van der Waals surface area contributed by atoms with Crippen LogP contribution in [0.25, 0.3) is 0 Å². The second kappa shape index (κ2) is 5.34. The van der Waals surface area contributed by atoms with Crippen LogP contribution in [0.1, 0.15) is 0 Å². The third-order valence-electron chi connectivity index (χ3n) is 1.55. The van der Waals surface area contributed by atoms with E-state index in [1.54, 1.807) is 24.3 Å². The minimum atomic E-state index is -0.268. The summed E-state index contributed by atoms with van der Waals surface area (Å²) in [5, 5.41) is 5.22. The zero-order valence-corrected chi connectivity index (χ0v) is 8.34. The molecule has 1 rings (SSSR count). The van der Waals surface area contributed by atoms with Crippen LogP contribution in [0.5, 0.6) is 0 Å². The molecule has 5 heteroatoms. The van der Waals surface area contributed by atoms with Crippen molar-refractivity contribution < 1.29 is 4.79 Å². The Labute approximate surface area is 87.4 Å². The smallest absolute Gasteiger partial charge is 0.319 e. The molecule has 1 aromatic carbocycles. The van der Waals surface area contributed by atoms with Crippen molar-refractivity contribution in [3.05, 3.63) is 24.3 Å². The Hall–Kier alpha value is -1.42. The molecule has 0 spiro atoms. The summed E-state index contributed by atoms with van der Waals surface area (Å²) in [6.45, 7) is 0.447. The highest BCUT2D eigenvalue weighted by molar-refractivity contribution is 6.18. The topological polar surface area (TPSA) is 67.1 Å². The fourth-order valence-corrected chi connectivity index (χ4v) is 0.997. The first-order valence-electron chi connectivity index (χ1n) is 4.18. The number of halogens is 1. The van der Waals surface area contributed by atoms with E-state index >= 15 is 0 Å². The van der Waals surface area contributed by atoms with Gasteiger partial charge in [0.25, 0.3) is 0 Å². The number of hydrogen-bond acceptors (Lipinski definition) is 2. The fourth-order valence-electron chi connectivity index (χ4n) is 0.903. The van der Waals surface area contributed by atoms with Crippen LogP contribution < -0.4 is 16.4 Å². The largest absolute Gasteiger partial charge is 0.399 e. The van der Waals surface area contributed by atoms with E-state index in [2.05, 4.69) is 10.6 Å². The Bertz CT molecular complexity index is 299. The summed E-state index contributed by atoms with van der Waals surface area (Å²) in [6, 6.07) is 6.63. The summed E-state index contributed by atoms with van der Waals surface area (Å²) in [6.07, 6.45) is 0. The van der Waals surface area contributed by atoms with Crippen LogP contribution >= 0.6 is 11.6 Å². The molecule has 0 heterocycles. The first-order valence-corrected chi connectivity index (χ1v) is 4.72. The number of anilines is 2. The highest BCUT2D eigenvalue weighted by Crippen LogP contribution is 2.09. The van der Waals surface area contributed by atoms with Crippen LogP contribution in [0, 0.1) is 0 Å². The molecule has 2 amide bonds. The van der Waals surface area contributed by atoms with Crippen molar-refractivity contribution in [1.29, 1.82) is 0 Å². The molecule has 76 valence electrons. The number of amides is 2. The molecule has 0 saturated heterocycles. The molecule has 0 aliphatic rings. The van der Waals surface area contributed by atoms with E-state index < -0.39 is 0 Å². The van der Waals surface area contributed by atoms with Crippen LogP contribution in [0.3, 0.4) is 0 Å². The van der Waals surface area contributed by atoms with Gasteiger partial charge in [-0.2, -0.15) is 0 Å². The van der Waals surface area contributed by atoms with Gasteiger partial charge in [-0.1, -0.05) is 0 Å². The highest BCUT2D eigenvalue weighted by atomic mass is 35.5. The molecule has 0 bridgehead atoms. The van der Waals surface area contributed by atoms with Crippen LogP contribution in [0.15, 0.2) is 24.3 Å². The molecule has 0 aliphatic carbocycles. The van der Waals surface area contributed by atoms with Crippen molar-refractivity contribution in [2.45, 2.75) is 0 Å². The van der Waals surface area contributed by atoms with E-state index in [4.69, 9.17) is 17.3 Å². The Morgan fingerprint density at radius 3 is 2.57 bits per heavy atom. The highest BCUT2D eigenvalue weighted by Gasteiger charge is 1.99. The molecular formula is C9H12ClN3O. The van der Waals surface area contributed by atoms with Gasteiger partial charge in [0.1, 0.15) is 0 Å². The summed E-state index contributed by atoms with van der Waals surface area (Å²) in [5.74, 6) is 0.398. The number of rotatable bonds is 3. The van der Waals surface area contributed by atoms with Gasteiger partial charge in [0.2, 0.25) is 0 Å². The van der Waals surface area contributed by atoms with Crippen molar-refractivity contribution >= 4 is 29.0 Å². The zero-order valence-electron chi connectivity index (χ0n) is 7.59. The third-order valence-corrected chi connectivity index (χ3v) is 1.74. The van der Waals surface area contributed by atoms with Gasteiger partial charge in [-0.15, -0.1) is 11.6 Å². The SMILES string of the molecule is Nc1ccc(NC(=O)NCCCl)cc1. The minimum Gasteiger partial charge on any atom is -0.399 e. The predicted molar refractivity (Wildman–Crippen MR) is 58.6 cm³/mol. The Balaban J connectivity index is 2.44. The second-order valence-corrected chi connectivity index (χ2v) is 3.07. The van der Waals surface area contributed by atoms with E-state index in [-0.39, 0.29) is 6.03 Å². The van der Waals surface area contributed by atoms with Gasteiger partial charge in [0.15, 0.2) is 0 Å². The summed E-state index contributed by atoms with van der Waals surface area (Å²) in [4.78, 5) is 11.1. The lowest BCUT2D eigenvalue weighted by atomic mass is 10.3. The standard InChI is InChI=1S/C9H12ClN3O/c10-5-6-12-9(14)13-8-3-1-7(11)2-4-8/h1-4H,5-6,11H2,(H2,12,13,14). The average molecular weight is 214 g/mol. The van der Waals surface area contributed by atoms with Crippen LogP contribution in [0.2, 0.25) is 0 Å². The quantitative estimate of drug-likeness (QED) is 0.528. The number of urea groups is 1. The molecule has 0 aromatic heterocycles. The van der Waals surface area contributed by atoms with E-state index in [0.29, 0.717) is 23.8 Å². The lowest BCUT2D eigenvalue weighted by Crippen LogP contribution is -2.30. The molecule has 0 unspecified atom stereocenters. The number of nitrogens with one attached hydrogen (secondary N) is 2. The number of nitrogen functional groups attached to an aromatic ring is 1. The Morgan fingerprint density at radius 1 is 1.36 bits per heavy atom.